The van der Waals surface area contributed by atoms with Gasteiger partial charge in [0, 0.05) is 15.3 Å². The summed E-state index contributed by atoms with van der Waals surface area (Å²) in [5.74, 6) is 0. The van der Waals surface area contributed by atoms with Gasteiger partial charge in [0.25, 0.3) is 0 Å². The first-order valence-electron chi connectivity index (χ1n) is 6.29. The Labute approximate surface area is 116 Å². The Morgan fingerprint density at radius 2 is 2.00 bits per heavy atom. The highest BCUT2D eigenvalue weighted by Crippen LogP contribution is 2.42. The average Bonchev–Trinajstić information content (AvgIpc) is 2.91. The van der Waals surface area contributed by atoms with E-state index in [1.165, 1.54) is 21.0 Å². The van der Waals surface area contributed by atoms with Crippen LogP contribution in [0.4, 0.5) is 0 Å². The SMILES string of the molecule is CC(C)(C)C(N)c1nc2c(s1)CCc1sccc1-2. The minimum atomic E-state index is 0.0233. The number of thiophene rings is 1. The van der Waals surface area contributed by atoms with Crippen LogP contribution in [0.2, 0.25) is 0 Å². The van der Waals surface area contributed by atoms with Gasteiger partial charge in [0.2, 0.25) is 0 Å². The Kier molecular flexibility index (Phi) is 2.84. The Bertz CT molecular complexity index is 575. The fraction of sp³-hybridized carbons (Fsp3) is 0.500. The second-order valence-electron chi connectivity index (χ2n) is 5.93. The molecular weight excluding hydrogens is 260 g/mol. The summed E-state index contributed by atoms with van der Waals surface area (Å²) in [6.07, 6.45) is 2.28. The predicted molar refractivity (Wildman–Crippen MR) is 79.2 cm³/mol. The standard InChI is InChI=1S/C14H18N2S2/c1-14(2,3)12(15)13-16-11-8-6-7-17-9(8)4-5-10(11)18-13/h6-7,12H,4-5,15H2,1-3H3. The Morgan fingerprint density at radius 3 is 2.72 bits per heavy atom. The topological polar surface area (TPSA) is 38.9 Å². The van der Waals surface area contributed by atoms with E-state index in [0.717, 1.165) is 17.8 Å². The van der Waals surface area contributed by atoms with Gasteiger partial charge in [0.05, 0.1) is 11.7 Å². The zero-order chi connectivity index (χ0) is 12.9. The molecule has 0 fully saturated rings. The number of hydrogen-bond donors (Lipinski definition) is 1. The maximum absolute atomic E-state index is 6.33. The Hall–Kier alpha value is -0.710. The fourth-order valence-electron chi connectivity index (χ4n) is 2.23. The number of aryl methyl sites for hydroxylation is 2. The fourth-order valence-corrected chi connectivity index (χ4v) is 4.43. The van der Waals surface area contributed by atoms with Crippen LogP contribution in [0.3, 0.4) is 0 Å². The summed E-state index contributed by atoms with van der Waals surface area (Å²) in [7, 11) is 0. The molecule has 0 radical (unpaired) electrons. The third-order valence-electron chi connectivity index (χ3n) is 3.49. The van der Waals surface area contributed by atoms with Crippen molar-refractivity contribution in [1.82, 2.24) is 4.98 Å². The number of hydrogen-bond acceptors (Lipinski definition) is 4. The quantitative estimate of drug-likeness (QED) is 0.856. The number of thiazole rings is 1. The zero-order valence-electron chi connectivity index (χ0n) is 11.0. The zero-order valence-corrected chi connectivity index (χ0v) is 12.6. The van der Waals surface area contributed by atoms with Gasteiger partial charge in [-0.05, 0) is 29.7 Å². The molecule has 18 heavy (non-hydrogen) atoms. The van der Waals surface area contributed by atoms with Crippen molar-refractivity contribution < 1.29 is 0 Å². The highest BCUT2D eigenvalue weighted by molar-refractivity contribution is 7.12. The molecule has 3 rings (SSSR count). The lowest BCUT2D eigenvalue weighted by Crippen LogP contribution is -2.26. The first kappa shape index (κ1) is 12.3. The molecule has 96 valence electrons. The molecule has 0 saturated heterocycles. The van der Waals surface area contributed by atoms with Crippen LogP contribution < -0.4 is 5.73 Å². The van der Waals surface area contributed by atoms with Gasteiger partial charge in [-0.1, -0.05) is 20.8 Å². The molecule has 4 heteroatoms. The van der Waals surface area contributed by atoms with E-state index in [1.54, 1.807) is 11.3 Å². The molecule has 1 atom stereocenters. The molecule has 2 N–H and O–H groups in total. The van der Waals surface area contributed by atoms with Crippen LogP contribution >= 0.6 is 22.7 Å². The van der Waals surface area contributed by atoms with E-state index in [4.69, 9.17) is 10.7 Å². The largest absolute Gasteiger partial charge is 0.322 e. The van der Waals surface area contributed by atoms with Crippen molar-refractivity contribution in [2.75, 3.05) is 0 Å². The van der Waals surface area contributed by atoms with Crippen molar-refractivity contribution in [2.24, 2.45) is 11.1 Å². The average molecular weight is 278 g/mol. The van der Waals surface area contributed by atoms with Crippen molar-refractivity contribution in [3.63, 3.8) is 0 Å². The molecule has 1 aliphatic rings. The van der Waals surface area contributed by atoms with E-state index >= 15 is 0 Å². The van der Waals surface area contributed by atoms with E-state index < -0.39 is 0 Å². The van der Waals surface area contributed by atoms with E-state index in [9.17, 15) is 0 Å². The maximum Gasteiger partial charge on any atom is 0.111 e. The van der Waals surface area contributed by atoms with Gasteiger partial charge in [-0.15, -0.1) is 22.7 Å². The van der Waals surface area contributed by atoms with Crippen LogP contribution in [0.15, 0.2) is 11.4 Å². The van der Waals surface area contributed by atoms with Crippen LogP contribution in [0, 0.1) is 5.41 Å². The number of fused-ring (bicyclic) bond motifs is 3. The van der Waals surface area contributed by atoms with Gasteiger partial charge in [0.1, 0.15) is 5.01 Å². The van der Waals surface area contributed by atoms with Crippen LogP contribution in [0.5, 0.6) is 0 Å². The lowest BCUT2D eigenvalue weighted by atomic mass is 9.88. The highest BCUT2D eigenvalue weighted by Gasteiger charge is 2.28. The summed E-state index contributed by atoms with van der Waals surface area (Å²) in [6.45, 7) is 6.52. The van der Waals surface area contributed by atoms with Crippen molar-refractivity contribution in [3.8, 4) is 11.3 Å². The van der Waals surface area contributed by atoms with Gasteiger partial charge in [-0.25, -0.2) is 4.98 Å². The molecule has 2 aromatic rings. The lowest BCUT2D eigenvalue weighted by Gasteiger charge is -2.24. The van der Waals surface area contributed by atoms with Crippen LogP contribution in [0.1, 0.15) is 41.6 Å². The molecule has 0 aliphatic heterocycles. The second kappa shape index (κ2) is 4.15. The molecule has 2 aromatic heterocycles. The third kappa shape index (κ3) is 1.92. The highest BCUT2D eigenvalue weighted by atomic mass is 32.1. The minimum absolute atomic E-state index is 0.0233. The third-order valence-corrected chi connectivity index (χ3v) is 5.67. The molecule has 0 aromatic carbocycles. The van der Waals surface area contributed by atoms with Gasteiger partial charge < -0.3 is 5.73 Å². The summed E-state index contributed by atoms with van der Waals surface area (Å²) in [5.41, 5.74) is 8.93. The second-order valence-corrected chi connectivity index (χ2v) is 8.04. The summed E-state index contributed by atoms with van der Waals surface area (Å²) in [6, 6.07) is 2.22. The summed E-state index contributed by atoms with van der Waals surface area (Å²) < 4.78 is 0. The van der Waals surface area contributed by atoms with E-state index in [-0.39, 0.29) is 11.5 Å². The normalized spacial score (nSPS) is 16.2. The molecule has 0 spiro atoms. The molecule has 0 amide bonds. The molecule has 2 heterocycles. The van der Waals surface area contributed by atoms with Crippen LogP contribution in [-0.4, -0.2) is 4.98 Å². The van der Waals surface area contributed by atoms with Crippen molar-refractivity contribution in [3.05, 3.63) is 26.2 Å². The molecular formula is C14H18N2S2. The molecule has 2 nitrogen and oxygen atoms in total. The number of nitrogens with zero attached hydrogens (tertiary/aromatic N) is 1. The minimum Gasteiger partial charge on any atom is -0.322 e. The van der Waals surface area contributed by atoms with Crippen LogP contribution in [0.25, 0.3) is 11.3 Å². The van der Waals surface area contributed by atoms with E-state index in [2.05, 4.69) is 32.2 Å². The predicted octanol–water partition coefficient (Wildman–Crippen LogP) is 4.02. The first-order valence-corrected chi connectivity index (χ1v) is 7.98. The monoisotopic (exact) mass is 278 g/mol. The molecule has 0 bridgehead atoms. The Balaban J connectivity index is 2.04. The van der Waals surface area contributed by atoms with Gasteiger partial charge in [-0.3, -0.25) is 0 Å². The molecule has 1 unspecified atom stereocenters. The number of nitrogens with two attached hydrogens (primary N) is 1. The van der Waals surface area contributed by atoms with Gasteiger partial charge >= 0.3 is 0 Å². The van der Waals surface area contributed by atoms with Crippen LogP contribution in [-0.2, 0) is 12.8 Å². The van der Waals surface area contributed by atoms with Crippen molar-refractivity contribution in [2.45, 2.75) is 39.7 Å². The smallest absolute Gasteiger partial charge is 0.111 e. The van der Waals surface area contributed by atoms with Crippen molar-refractivity contribution >= 4 is 22.7 Å². The van der Waals surface area contributed by atoms with Crippen molar-refractivity contribution in [1.29, 1.82) is 0 Å². The van der Waals surface area contributed by atoms with E-state index in [0.29, 0.717) is 0 Å². The molecule has 0 saturated carbocycles. The number of rotatable bonds is 1. The summed E-state index contributed by atoms with van der Waals surface area (Å²) in [5, 5.41) is 3.26. The van der Waals surface area contributed by atoms with E-state index in [1.807, 2.05) is 11.3 Å². The Morgan fingerprint density at radius 1 is 1.28 bits per heavy atom. The maximum atomic E-state index is 6.33. The summed E-state index contributed by atoms with van der Waals surface area (Å²) in [4.78, 5) is 7.72. The summed E-state index contributed by atoms with van der Waals surface area (Å²) >= 11 is 3.65. The van der Waals surface area contributed by atoms with Gasteiger partial charge in [0.15, 0.2) is 0 Å². The molecule has 1 aliphatic carbocycles. The first-order chi connectivity index (χ1) is 8.47. The van der Waals surface area contributed by atoms with Gasteiger partial charge in [-0.2, -0.15) is 0 Å². The number of aromatic nitrogens is 1. The lowest BCUT2D eigenvalue weighted by molar-refractivity contribution is 0.326.